The van der Waals surface area contributed by atoms with Crippen molar-refractivity contribution in [2.75, 3.05) is 11.9 Å². The van der Waals surface area contributed by atoms with Gasteiger partial charge < -0.3 is 15.4 Å². The Labute approximate surface area is 194 Å². The number of nitrogens with one attached hydrogen (secondary N) is 2. The molecule has 0 saturated heterocycles. The van der Waals surface area contributed by atoms with Gasteiger partial charge in [0.15, 0.2) is 12.4 Å². The van der Waals surface area contributed by atoms with Crippen molar-refractivity contribution in [1.82, 2.24) is 10.3 Å². The van der Waals surface area contributed by atoms with E-state index in [4.69, 9.17) is 4.74 Å². The van der Waals surface area contributed by atoms with Gasteiger partial charge in [-0.3, -0.25) is 9.59 Å². The quantitative estimate of drug-likeness (QED) is 0.142. The summed E-state index contributed by atoms with van der Waals surface area (Å²) in [6.07, 6.45) is 5.25. The van der Waals surface area contributed by atoms with Gasteiger partial charge in [-0.05, 0) is 44.6 Å². The van der Waals surface area contributed by atoms with Crippen LogP contribution in [0.4, 0.5) is 14.6 Å². The van der Waals surface area contributed by atoms with Crippen LogP contribution in [-0.4, -0.2) is 33.4 Å². The van der Waals surface area contributed by atoms with Crippen molar-refractivity contribution in [3.05, 3.63) is 65.3 Å². The summed E-state index contributed by atoms with van der Waals surface area (Å²) in [4.78, 5) is 28.6. The average Bonchev–Trinajstić information content (AvgIpc) is 2.68. The van der Waals surface area contributed by atoms with E-state index < -0.39 is 16.6 Å². The van der Waals surface area contributed by atoms with Crippen molar-refractivity contribution in [2.24, 2.45) is 0 Å². The van der Waals surface area contributed by atoms with E-state index in [1.54, 1.807) is 45.9 Å². The molecule has 0 radical (unpaired) electrons. The Morgan fingerprint density at radius 1 is 1.42 bits per heavy atom. The predicted molar refractivity (Wildman–Crippen MR) is 125 cm³/mol. The first-order valence-electron chi connectivity index (χ1n) is 9.52. The topological polar surface area (TPSA) is 80.3 Å². The zero-order valence-corrected chi connectivity index (χ0v) is 20.0. The van der Waals surface area contributed by atoms with Crippen LogP contribution in [0, 0.1) is 6.92 Å². The number of amides is 2. The molecule has 0 fully saturated rings. The van der Waals surface area contributed by atoms with E-state index >= 15 is 0 Å². The fraction of sp³-hybridized carbons (Fsp3) is 0.364. The Morgan fingerprint density at radius 3 is 2.65 bits per heavy atom. The van der Waals surface area contributed by atoms with Crippen molar-refractivity contribution in [2.45, 2.75) is 44.1 Å². The second-order valence-corrected chi connectivity index (χ2v) is 8.15. The number of allylic oxidation sites excluding steroid dienone is 2. The number of aromatic nitrogens is 1. The molecule has 0 aliphatic heterocycles. The lowest BCUT2D eigenvalue weighted by atomic mass is 10.1. The van der Waals surface area contributed by atoms with Gasteiger partial charge in [0.1, 0.15) is 5.82 Å². The first kappa shape index (κ1) is 26.5. The number of aryl methyl sites for hydroxylation is 1. The second-order valence-electron chi connectivity index (χ2n) is 6.57. The molecule has 0 bridgehead atoms. The minimum Gasteiger partial charge on any atom is -0.479 e. The number of anilines is 1. The smallest absolute Gasteiger partial charge is 0.329 e. The van der Waals surface area contributed by atoms with Crippen LogP contribution < -0.4 is 10.6 Å². The fourth-order valence-corrected chi connectivity index (χ4v) is 2.58. The third kappa shape index (κ3) is 9.89. The van der Waals surface area contributed by atoms with Gasteiger partial charge in [-0.25, -0.2) is 4.98 Å². The largest absolute Gasteiger partial charge is 0.479 e. The summed E-state index contributed by atoms with van der Waals surface area (Å²) >= 11 is 0.984. The number of hydrogen-bond acceptors (Lipinski definition) is 4. The van der Waals surface area contributed by atoms with E-state index in [9.17, 15) is 18.4 Å². The van der Waals surface area contributed by atoms with Crippen LogP contribution in [0.5, 0.6) is 0 Å². The summed E-state index contributed by atoms with van der Waals surface area (Å²) < 4.78 is 28.2. The third-order valence-electron chi connectivity index (χ3n) is 3.87. The van der Waals surface area contributed by atoms with Gasteiger partial charge >= 0.3 is 3.93 Å². The standard InChI is InChI=1S/C22H26F2IN3O3/c1-6-9-16(11-18(7-2)31-13-22(23,24)25)15(5)27-21(30)17-10-14(4)26-19(12-17)28-20(29)8-3/h6,9-12,15H,2,8,13H2,1,3-5H3,(H,27,30)(H,26,28,29)/b9-6-,16-11+. The van der Waals surface area contributed by atoms with Crippen LogP contribution >= 0.6 is 22.6 Å². The van der Waals surface area contributed by atoms with Gasteiger partial charge in [0, 0.05) is 40.3 Å². The Morgan fingerprint density at radius 2 is 2.10 bits per heavy atom. The normalized spacial score (nSPS) is 12.8. The van der Waals surface area contributed by atoms with Gasteiger partial charge in [0.25, 0.3) is 5.91 Å². The molecule has 31 heavy (non-hydrogen) atoms. The van der Waals surface area contributed by atoms with Gasteiger partial charge in [-0.2, -0.15) is 8.78 Å². The lowest BCUT2D eigenvalue weighted by Gasteiger charge is -2.17. The maximum Gasteiger partial charge on any atom is 0.329 e. The zero-order chi connectivity index (χ0) is 23.6. The van der Waals surface area contributed by atoms with Crippen molar-refractivity contribution in [3.63, 3.8) is 0 Å². The number of carbonyl (C=O) groups is 2. The number of halogens is 3. The minimum atomic E-state index is -3.03. The molecule has 0 aromatic carbocycles. The van der Waals surface area contributed by atoms with Gasteiger partial charge in [0.2, 0.25) is 5.91 Å². The van der Waals surface area contributed by atoms with E-state index in [-0.39, 0.29) is 24.0 Å². The molecule has 1 rings (SSSR count). The maximum atomic E-state index is 13.1. The van der Waals surface area contributed by atoms with Crippen molar-refractivity contribution in [3.8, 4) is 0 Å². The molecule has 1 aromatic heterocycles. The van der Waals surface area contributed by atoms with Gasteiger partial charge in [-0.1, -0.05) is 31.4 Å². The molecule has 0 spiro atoms. The molecule has 0 aliphatic carbocycles. The molecule has 1 atom stereocenters. The summed E-state index contributed by atoms with van der Waals surface area (Å²) in [6.45, 7) is 9.59. The number of alkyl halides is 3. The molecule has 9 heteroatoms. The van der Waals surface area contributed by atoms with Crippen LogP contribution in [0.2, 0.25) is 0 Å². The average molecular weight is 545 g/mol. The molecular weight excluding hydrogens is 519 g/mol. The Hall–Kier alpha value is -2.52. The van der Waals surface area contributed by atoms with Gasteiger partial charge in [-0.15, -0.1) is 0 Å². The third-order valence-corrected chi connectivity index (χ3v) is 4.19. The summed E-state index contributed by atoms with van der Waals surface area (Å²) in [5.41, 5.74) is 3.97. The number of rotatable bonds is 10. The molecule has 2 N–H and O–H groups in total. The van der Waals surface area contributed by atoms with Crippen molar-refractivity contribution < 1.29 is 23.1 Å². The van der Waals surface area contributed by atoms with Crippen LogP contribution in [0.25, 0.3) is 0 Å². The van der Waals surface area contributed by atoms with Crippen molar-refractivity contribution in [1.29, 1.82) is 0 Å². The van der Waals surface area contributed by atoms with E-state index in [1.807, 2.05) is 0 Å². The monoisotopic (exact) mass is 545 g/mol. The predicted octanol–water partition coefficient (Wildman–Crippen LogP) is 5.07. The Balaban J connectivity index is 3.04. The fourth-order valence-electron chi connectivity index (χ4n) is 2.42. The molecule has 0 saturated carbocycles. The highest BCUT2D eigenvalue weighted by Crippen LogP contribution is 2.24. The summed E-state index contributed by atoms with van der Waals surface area (Å²) in [6, 6.07) is 2.60. The summed E-state index contributed by atoms with van der Waals surface area (Å²) in [7, 11) is 0. The maximum absolute atomic E-state index is 13.1. The number of ether oxygens (including phenoxy) is 1. The summed E-state index contributed by atoms with van der Waals surface area (Å²) in [5.74, 6) is -0.269. The van der Waals surface area contributed by atoms with E-state index in [0.717, 1.165) is 22.6 Å². The van der Waals surface area contributed by atoms with Crippen LogP contribution in [-0.2, 0) is 9.53 Å². The molecule has 168 valence electrons. The Bertz CT molecular complexity index is 917. The molecular formula is C22H26F2IN3O3. The molecule has 2 amide bonds. The lowest BCUT2D eigenvalue weighted by Crippen LogP contribution is -2.34. The zero-order valence-electron chi connectivity index (χ0n) is 17.9. The molecule has 1 heterocycles. The van der Waals surface area contributed by atoms with Gasteiger partial charge in [0.05, 0.1) is 6.04 Å². The second kappa shape index (κ2) is 12.4. The number of pyridine rings is 1. The highest BCUT2D eigenvalue weighted by molar-refractivity contribution is 14.1. The van der Waals surface area contributed by atoms with Crippen molar-refractivity contribution >= 4 is 40.2 Å². The number of hydrogen-bond donors (Lipinski definition) is 2. The highest BCUT2D eigenvalue weighted by Gasteiger charge is 2.25. The molecule has 0 aliphatic rings. The first-order valence-corrected chi connectivity index (χ1v) is 10.6. The molecule has 1 unspecified atom stereocenters. The number of carbonyl (C=O) groups excluding carboxylic acids is 2. The van der Waals surface area contributed by atoms with E-state index in [2.05, 4.69) is 27.9 Å². The minimum absolute atomic E-state index is 0.0369. The number of nitrogens with zero attached hydrogens (tertiary/aromatic N) is 1. The molecule has 1 aromatic rings. The first-order chi connectivity index (χ1) is 14.5. The van der Waals surface area contributed by atoms with Crippen LogP contribution in [0.3, 0.4) is 0 Å². The SMILES string of the molecule is C=C=C(/C=C(\C=C/C)C(C)NC(=O)c1cc(C)nc(NC(=O)CC)c1)OCC(F)(F)I. The lowest BCUT2D eigenvalue weighted by molar-refractivity contribution is -0.115. The Kier molecular flexibility index (Phi) is 10.6. The van der Waals surface area contributed by atoms with Crippen LogP contribution in [0.1, 0.15) is 43.2 Å². The molecule has 6 nitrogen and oxygen atoms in total. The highest BCUT2D eigenvalue weighted by atomic mass is 127. The van der Waals surface area contributed by atoms with Crippen LogP contribution in [0.15, 0.2) is 54.0 Å². The van der Waals surface area contributed by atoms with E-state index in [1.165, 1.54) is 12.1 Å². The van der Waals surface area contributed by atoms with E-state index in [0.29, 0.717) is 22.6 Å². The summed E-state index contributed by atoms with van der Waals surface area (Å²) in [5, 5.41) is 5.47.